The second-order valence-electron chi connectivity index (χ2n) is 8.36. The second kappa shape index (κ2) is 9.09. The first-order valence-electron chi connectivity index (χ1n) is 10.8. The highest BCUT2D eigenvalue weighted by molar-refractivity contribution is 7.89. The molecule has 2 fully saturated rings. The SMILES string of the molecule is Cc1cnc(NC2CCN(S(=O)(=O)c3cnn(C)c3)CC2)nc1O[C@H]1CCCC[C@H]1O. The summed E-state index contributed by atoms with van der Waals surface area (Å²) in [6, 6.07) is 0.0659. The van der Waals surface area contributed by atoms with Crippen molar-refractivity contribution in [3.05, 3.63) is 24.2 Å². The Morgan fingerprint density at radius 2 is 1.90 bits per heavy atom. The maximum absolute atomic E-state index is 12.8. The van der Waals surface area contributed by atoms with E-state index >= 15 is 0 Å². The lowest BCUT2D eigenvalue weighted by atomic mass is 9.95. The molecule has 1 aliphatic carbocycles. The van der Waals surface area contributed by atoms with Crippen LogP contribution < -0.4 is 10.1 Å². The van der Waals surface area contributed by atoms with E-state index in [2.05, 4.69) is 20.4 Å². The van der Waals surface area contributed by atoms with E-state index in [1.807, 2.05) is 6.92 Å². The van der Waals surface area contributed by atoms with Gasteiger partial charge in [0.1, 0.15) is 11.0 Å². The van der Waals surface area contributed by atoms with E-state index in [9.17, 15) is 13.5 Å². The van der Waals surface area contributed by atoms with Gasteiger partial charge in [0, 0.05) is 44.1 Å². The van der Waals surface area contributed by atoms with Crippen LogP contribution in [0.4, 0.5) is 5.95 Å². The smallest absolute Gasteiger partial charge is 0.246 e. The number of nitrogens with zero attached hydrogens (tertiary/aromatic N) is 5. The van der Waals surface area contributed by atoms with E-state index in [4.69, 9.17) is 4.74 Å². The molecule has 0 spiro atoms. The molecule has 2 aromatic heterocycles. The molecular weight excluding hydrogens is 420 g/mol. The second-order valence-corrected chi connectivity index (χ2v) is 10.3. The van der Waals surface area contributed by atoms with Crippen LogP contribution in [0, 0.1) is 6.92 Å². The Labute approximate surface area is 182 Å². The summed E-state index contributed by atoms with van der Waals surface area (Å²) in [5.41, 5.74) is 0.820. The number of aliphatic hydroxyl groups excluding tert-OH is 1. The number of ether oxygens (including phenoxy) is 1. The van der Waals surface area contributed by atoms with Crippen molar-refractivity contribution < 1.29 is 18.3 Å². The van der Waals surface area contributed by atoms with Gasteiger partial charge in [0.25, 0.3) is 0 Å². The molecule has 4 rings (SSSR count). The Hall–Kier alpha value is -2.24. The monoisotopic (exact) mass is 450 g/mol. The number of hydrogen-bond acceptors (Lipinski definition) is 8. The fourth-order valence-corrected chi connectivity index (χ4v) is 5.53. The predicted octanol–water partition coefficient (Wildman–Crippen LogP) is 1.47. The number of aryl methyl sites for hydroxylation is 2. The summed E-state index contributed by atoms with van der Waals surface area (Å²) in [5, 5.41) is 17.5. The van der Waals surface area contributed by atoms with Crippen molar-refractivity contribution in [1.29, 1.82) is 0 Å². The topological polar surface area (TPSA) is 122 Å². The minimum absolute atomic E-state index is 0.0659. The van der Waals surface area contributed by atoms with Crippen molar-refractivity contribution in [1.82, 2.24) is 24.1 Å². The fraction of sp³-hybridized carbons (Fsp3) is 0.650. The Morgan fingerprint density at radius 3 is 2.58 bits per heavy atom. The largest absolute Gasteiger partial charge is 0.471 e. The normalized spacial score (nSPS) is 23.6. The van der Waals surface area contributed by atoms with Crippen molar-refractivity contribution in [3.63, 3.8) is 0 Å². The summed E-state index contributed by atoms with van der Waals surface area (Å²) in [7, 11) is -1.83. The van der Waals surface area contributed by atoms with Gasteiger partial charge < -0.3 is 15.2 Å². The van der Waals surface area contributed by atoms with Crippen molar-refractivity contribution >= 4 is 16.0 Å². The first kappa shape index (κ1) is 22.0. The molecule has 1 saturated carbocycles. The average molecular weight is 451 g/mol. The fourth-order valence-electron chi connectivity index (χ4n) is 4.08. The molecule has 170 valence electrons. The predicted molar refractivity (Wildman–Crippen MR) is 114 cm³/mol. The Balaban J connectivity index is 1.36. The number of hydrogen-bond donors (Lipinski definition) is 2. The van der Waals surface area contributed by atoms with Crippen LogP contribution in [0.3, 0.4) is 0 Å². The molecule has 10 nitrogen and oxygen atoms in total. The van der Waals surface area contributed by atoms with E-state index in [1.54, 1.807) is 13.2 Å². The molecule has 2 aliphatic rings. The average Bonchev–Trinajstić information content (AvgIpc) is 3.20. The molecule has 0 aromatic carbocycles. The number of aliphatic hydroxyl groups is 1. The zero-order valence-corrected chi connectivity index (χ0v) is 18.8. The molecule has 0 amide bonds. The Bertz CT molecular complexity index is 1000. The van der Waals surface area contributed by atoms with Crippen molar-refractivity contribution in [2.24, 2.45) is 7.05 Å². The van der Waals surface area contributed by atoms with Crippen LogP contribution in [0.1, 0.15) is 44.1 Å². The van der Waals surface area contributed by atoms with E-state index < -0.39 is 16.1 Å². The summed E-state index contributed by atoms with van der Waals surface area (Å²) < 4.78 is 34.5. The van der Waals surface area contributed by atoms with E-state index in [0.717, 1.165) is 31.2 Å². The molecule has 11 heteroatoms. The minimum Gasteiger partial charge on any atom is -0.471 e. The van der Waals surface area contributed by atoms with Gasteiger partial charge in [0.2, 0.25) is 21.9 Å². The maximum Gasteiger partial charge on any atom is 0.246 e. The van der Waals surface area contributed by atoms with Crippen LogP contribution in [-0.2, 0) is 17.1 Å². The molecule has 31 heavy (non-hydrogen) atoms. The minimum atomic E-state index is -3.52. The highest BCUT2D eigenvalue weighted by Crippen LogP contribution is 2.26. The van der Waals surface area contributed by atoms with E-state index in [1.165, 1.54) is 21.4 Å². The zero-order valence-electron chi connectivity index (χ0n) is 17.9. The molecule has 2 atom stereocenters. The molecule has 2 N–H and O–H groups in total. The van der Waals surface area contributed by atoms with Crippen LogP contribution in [0.25, 0.3) is 0 Å². The van der Waals surface area contributed by atoms with Crippen LogP contribution >= 0.6 is 0 Å². The molecule has 3 heterocycles. The number of nitrogens with one attached hydrogen (secondary N) is 1. The number of aromatic nitrogens is 4. The summed E-state index contributed by atoms with van der Waals surface area (Å²) in [6.07, 6.45) is 8.82. The molecular formula is C20H30N6O4S. The lowest BCUT2D eigenvalue weighted by Gasteiger charge is -2.31. The molecule has 2 aromatic rings. The summed E-state index contributed by atoms with van der Waals surface area (Å²) in [6.45, 7) is 2.72. The lowest BCUT2D eigenvalue weighted by molar-refractivity contribution is 0.00414. The van der Waals surface area contributed by atoms with Crippen molar-refractivity contribution in [2.75, 3.05) is 18.4 Å². The highest BCUT2D eigenvalue weighted by Gasteiger charge is 2.31. The number of piperidine rings is 1. The van der Waals surface area contributed by atoms with Crippen LogP contribution in [0.2, 0.25) is 0 Å². The quantitative estimate of drug-likeness (QED) is 0.678. The third kappa shape index (κ3) is 4.99. The van der Waals surface area contributed by atoms with Gasteiger partial charge in [-0.25, -0.2) is 13.4 Å². The summed E-state index contributed by atoms with van der Waals surface area (Å²) in [4.78, 5) is 9.09. The zero-order chi connectivity index (χ0) is 22.0. The van der Waals surface area contributed by atoms with Crippen LogP contribution in [0.15, 0.2) is 23.5 Å². The van der Waals surface area contributed by atoms with Crippen LogP contribution in [-0.4, -0.2) is 68.9 Å². The molecule has 1 saturated heterocycles. The van der Waals surface area contributed by atoms with E-state index in [-0.39, 0.29) is 17.0 Å². The van der Waals surface area contributed by atoms with Gasteiger partial charge in [0.15, 0.2) is 0 Å². The Kier molecular flexibility index (Phi) is 6.44. The molecule has 0 bridgehead atoms. The Morgan fingerprint density at radius 1 is 1.16 bits per heavy atom. The lowest BCUT2D eigenvalue weighted by Crippen LogP contribution is -2.42. The summed E-state index contributed by atoms with van der Waals surface area (Å²) in [5.74, 6) is 0.944. The van der Waals surface area contributed by atoms with Crippen LogP contribution in [0.5, 0.6) is 5.88 Å². The molecule has 0 unspecified atom stereocenters. The van der Waals surface area contributed by atoms with Gasteiger partial charge in [-0.15, -0.1) is 0 Å². The van der Waals surface area contributed by atoms with Gasteiger partial charge in [-0.05, 0) is 39.0 Å². The van der Waals surface area contributed by atoms with Gasteiger partial charge in [-0.3, -0.25) is 4.68 Å². The van der Waals surface area contributed by atoms with Gasteiger partial charge in [-0.1, -0.05) is 6.42 Å². The first-order chi connectivity index (χ1) is 14.8. The first-order valence-corrected chi connectivity index (χ1v) is 12.2. The standard InChI is InChI=1S/C20H30N6O4S/c1-14-11-21-20(24-19(14)30-18-6-4-3-5-17(18)27)23-15-7-9-26(10-8-15)31(28,29)16-12-22-25(2)13-16/h11-13,15,17-18,27H,3-10H2,1-2H3,(H,21,23,24)/t17-,18+/m1/s1. The maximum atomic E-state index is 12.8. The van der Waals surface area contributed by atoms with Crippen molar-refractivity contribution in [3.8, 4) is 5.88 Å². The summed E-state index contributed by atoms with van der Waals surface area (Å²) >= 11 is 0. The molecule has 1 aliphatic heterocycles. The van der Waals surface area contributed by atoms with Gasteiger partial charge in [0.05, 0.1) is 12.3 Å². The van der Waals surface area contributed by atoms with Gasteiger partial charge in [-0.2, -0.15) is 14.4 Å². The van der Waals surface area contributed by atoms with E-state index in [0.29, 0.717) is 37.8 Å². The van der Waals surface area contributed by atoms with Crippen molar-refractivity contribution in [2.45, 2.75) is 68.6 Å². The van der Waals surface area contributed by atoms with Gasteiger partial charge >= 0.3 is 0 Å². The number of anilines is 1. The highest BCUT2D eigenvalue weighted by atomic mass is 32.2. The third-order valence-electron chi connectivity index (χ3n) is 5.96. The number of rotatable bonds is 6. The number of sulfonamides is 1. The molecule has 0 radical (unpaired) electrons. The third-order valence-corrected chi connectivity index (χ3v) is 7.81.